The monoisotopic (exact) mass is 436 g/mol. The second kappa shape index (κ2) is 9.04. The first-order chi connectivity index (χ1) is 16.2. The molecule has 0 aliphatic rings. The maximum Gasteiger partial charge on any atom is 0.255 e. The van der Waals surface area contributed by atoms with Gasteiger partial charge in [-0.05, 0) is 42.3 Å². The summed E-state index contributed by atoms with van der Waals surface area (Å²) in [6.45, 7) is 0.516. The van der Waals surface area contributed by atoms with Crippen LogP contribution in [0.1, 0.15) is 15.9 Å². The predicted molar refractivity (Wildman–Crippen MR) is 130 cm³/mol. The van der Waals surface area contributed by atoms with E-state index < -0.39 is 0 Å². The Labute approximate surface area is 191 Å². The Morgan fingerprint density at radius 3 is 2.61 bits per heavy atom. The largest absolute Gasteiger partial charge is 0.496 e. The zero-order chi connectivity index (χ0) is 22.6. The molecule has 0 spiro atoms. The molecule has 0 saturated heterocycles. The lowest BCUT2D eigenvalue weighted by molar-refractivity contribution is 0.0955. The van der Waals surface area contributed by atoms with Gasteiger partial charge in [-0.3, -0.25) is 4.79 Å². The van der Waals surface area contributed by atoms with Crippen LogP contribution in [0.3, 0.4) is 0 Å². The van der Waals surface area contributed by atoms with Crippen LogP contribution in [0.4, 0.5) is 0 Å². The number of nitrogens with one attached hydrogen (secondary N) is 2. The van der Waals surface area contributed by atoms with Crippen molar-refractivity contribution < 1.29 is 9.53 Å². The molecular weight excluding hydrogens is 412 g/mol. The summed E-state index contributed by atoms with van der Waals surface area (Å²) < 4.78 is 7.27. The van der Waals surface area contributed by atoms with Gasteiger partial charge in [-0.1, -0.05) is 48.5 Å². The molecule has 0 aliphatic carbocycles. The summed E-state index contributed by atoms with van der Waals surface area (Å²) in [5.74, 6) is 0.501. The third-order valence-electron chi connectivity index (χ3n) is 5.70. The molecule has 0 atom stereocenters. The zero-order valence-corrected chi connectivity index (χ0v) is 18.3. The maximum atomic E-state index is 13.3. The molecule has 164 valence electrons. The fourth-order valence-electron chi connectivity index (χ4n) is 4.04. The van der Waals surface area contributed by atoms with Gasteiger partial charge < -0.3 is 15.0 Å². The summed E-state index contributed by atoms with van der Waals surface area (Å²) in [6.07, 6.45) is 4.51. The van der Waals surface area contributed by atoms with Gasteiger partial charge in [0.1, 0.15) is 11.4 Å². The van der Waals surface area contributed by atoms with E-state index in [-0.39, 0.29) is 5.91 Å². The average Bonchev–Trinajstić information content (AvgIpc) is 3.50. The molecule has 5 aromatic rings. The lowest BCUT2D eigenvalue weighted by atomic mass is 10.1. The van der Waals surface area contributed by atoms with E-state index >= 15 is 0 Å². The highest BCUT2D eigenvalue weighted by Gasteiger charge is 2.21. The Kier molecular flexibility index (Phi) is 5.64. The van der Waals surface area contributed by atoms with Crippen molar-refractivity contribution in [1.82, 2.24) is 20.1 Å². The molecule has 2 aromatic heterocycles. The van der Waals surface area contributed by atoms with E-state index in [1.165, 1.54) is 10.9 Å². The van der Waals surface area contributed by atoms with Gasteiger partial charge in [0.25, 0.3) is 5.91 Å². The van der Waals surface area contributed by atoms with Gasteiger partial charge in [-0.25, -0.2) is 4.68 Å². The van der Waals surface area contributed by atoms with Crippen molar-refractivity contribution >= 4 is 16.8 Å². The third kappa shape index (κ3) is 4.11. The fraction of sp³-hybridized carbons (Fsp3) is 0.111. The first-order valence-corrected chi connectivity index (χ1v) is 10.9. The number of methoxy groups -OCH3 is 1. The van der Waals surface area contributed by atoms with Crippen LogP contribution in [0.2, 0.25) is 0 Å². The summed E-state index contributed by atoms with van der Waals surface area (Å²) in [4.78, 5) is 16.5. The van der Waals surface area contributed by atoms with E-state index in [4.69, 9.17) is 9.84 Å². The molecule has 5 rings (SSSR count). The van der Waals surface area contributed by atoms with Gasteiger partial charge in [-0.15, -0.1) is 0 Å². The van der Waals surface area contributed by atoms with Gasteiger partial charge in [0.05, 0.1) is 18.4 Å². The highest BCUT2D eigenvalue weighted by Crippen LogP contribution is 2.31. The molecule has 2 heterocycles. The van der Waals surface area contributed by atoms with E-state index in [1.54, 1.807) is 18.0 Å². The molecule has 2 N–H and O–H groups in total. The minimum absolute atomic E-state index is 0.169. The maximum absolute atomic E-state index is 13.3. The first-order valence-electron chi connectivity index (χ1n) is 10.9. The summed E-state index contributed by atoms with van der Waals surface area (Å²) in [5, 5.41) is 9.00. The Morgan fingerprint density at radius 1 is 1.00 bits per heavy atom. The number of aromatic amines is 1. The average molecular weight is 437 g/mol. The fourth-order valence-corrected chi connectivity index (χ4v) is 4.04. The molecule has 6 nitrogen and oxygen atoms in total. The molecule has 3 aromatic carbocycles. The van der Waals surface area contributed by atoms with Crippen LogP contribution in [-0.4, -0.2) is 34.3 Å². The van der Waals surface area contributed by atoms with Gasteiger partial charge in [0.2, 0.25) is 0 Å². The molecular formula is C27H24N4O2. The smallest absolute Gasteiger partial charge is 0.255 e. The number of carbonyl (C=O) groups is 1. The van der Waals surface area contributed by atoms with Gasteiger partial charge in [0, 0.05) is 35.4 Å². The lowest BCUT2D eigenvalue weighted by Gasteiger charge is -2.08. The number of aromatic nitrogens is 3. The lowest BCUT2D eigenvalue weighted by Crippen LogP contribution is -2.25. The van der Waals surface area contributed by atoms with Gasteiger partial charge >= 0.3 is 0 Å². The normalized spacial score (nSPS) is 10.9. The van der Waals surface area contributed by atoms with Crippen molar-refractivity contribution in [2.75, 3.05) is 13.7 Å². The topological polar surface area (TPSA) is 71.9 Å². The Balaban J connectivity index is 1.43. The van der Waals surface area contributed by atoms with Crippen LogP contribution < -0.4 is 10.1 Å². The Hall–Kier alpha value is -4.32. The van der Waals surface area contributed by atoms with Crippen LogP contribution in [0.15, 0.2) is 91.3 Å². The van der Waals surface area contributed by atoms with Gasteiger partial charge in [0.15, 0.2) is 0 Å². The summed E-state index contributed by atoms with van der Waals surface area (Å²) in [6, 6.07) is 25.5. The number of hydrogen-bond acceptors (Lipinski definition) is 3. The van der Waals surface area contributed by atoms with Crippen LogP contribution >= 0.6 is 0 Å². The summed E-state index contributed by atoms with van der Waals surface area (Å²) in [5.41, 5.74) is 5.02. The summed E-state index contributed by atoms with van der Waals surface area (Å²) in [7, 11) is 1.62. The van der Waals surface area contributed by atoms with Crippen LogP contribution in [-0.2, 0) is 6.42 Å². The molecule has 0 unspecified atom stereocenters. The van der Waals surface area contributed by atoms with E-state index in [1.807, 2.05) is 72.9 Å². The molecule has 0 bridgehead atoms. The van der Waals surface area contributed by atoms with Crippen molar-refractivity contribution in [2.45, 2.75) is 6.42 Å². The molecule has 0 fully saturated rings. The highest BCUT2D eigenvalue weighted by atomic mass is 16.5. The van der Waals surface area contributed by atoms with Crippen LogP contribution in [0.25, 0.3) is 27.8 Å². The number of amides is 1. The molecule has 0 aliphatic heterocycles. The third-order valence-corrected chi connectivity index (χ3v) is 5.70. The number of hydrogen-bond donors (Lipinski definition) is 2. The van der Waals surface area contributed by atoms with E-state index in [2.05, 4.69) is 22.4 Å². The van der Waals surface area contributed by atoms with Crippen LogP contribution in [0, 0.1) is 0 Å². The number of nitrogens with zero attached hydrogens (tertiary/aromatic N) is 2. The molecule has 6 heteroatoms. The standard InChI is InChI=1S/C27H24N4O2/c1-33-25-14-8-6-12-22(25)26-23(18-31(30-26)20-9-3-2-4-10-20)27(32)28-16-15-19-17-29-24-13-7-5-11-21(19)24/h2-14,17-18,29H,15-16H2,1H3,(H,28,32). The molecule has 0 saturated carbocycles. The first kappa shape index (κ1) is 20.6. The van der Waals surface area contributed by atoms with Crippen molar-refractivity contribution in [3.63, 3.8) is 0 Å². The van der Waals surface area contributed by atoms with E-state index in [9.17, 15) is 4.79 Å². The van der Waals surface area contributed by atoms with Crippen molar-refractivity contribution in [3.8, 4) is 22.7 Å². The number of benzene rings is 3. The van der Waals surface area contributed by atoms with Crippen molar-refractivity contribution in [1.29, 1.82) is 0 Å². The number of fused-ring (bicyclic) bond motifs is 1. The second-order valence-electron chi connectivity index (χ2n) is 7.74. The number of ether oxygens (including phenoxy) is 1. The minimum Gasteiger partial charge on any atom is -0.496 e. The number of para-hydroxylation sites is 3. The van der Waals surface area contributed by atoms with Crippen LogP contribution in [0.5, 0.6) is 5.75 Å². The molecule has 0 radical (unpaired) electrons. The second-order valence-corrected chi connectivity index (χ2v) is 7.74. The quantitative estimate of drug-likeness (QED) is 0.377. The zero-order valence-electron chi connectivity index (χ0n) is 18.3. The van der Waals surface area contributed by atoms with Crippen molar-refractivity contribution in [3.05, 3.63) is 102 Å². The summed E-state index contributed by atoms with van der Waals surface area (Å²) >= 11 is 0. The minimum atomic E-state index is -0.169. The van der Waals surface area contributed by atoms with Gasteiger partial charge in [-0.2, -0.15) is 5.10 Å². The highest BCUT2D eigenvalue weighted by molar-refractivity contribution is 6.00. The van der Waals surface area contributed by atoms with Crippen molar-refractivity contribution in [2.24, 2.45) is 0 Å². The predicted octanol–water partition coefficient (Wildman–Crippen LogP) is 5.00. The SMILES string of the molecule is COc1ccccc1-c1nn(-c2ccccc2)cc1C(=O)NCCc1c[nH]c2ccccc12. The Bertz CT molecular complexity index is 1400. The Morgan fingerprint density at radius 2 is 1.76 bits per heavy atom. The number of carbonyl (C=O) groups excluding carboxylic acids is 1. The van der Waals surface area contributed by atoms with E-state index in [0.29, 0.717) is 23.6 Å². The molecule has 33 heavy (non-hydrogen) atoms. The number of H-pyrrole nitrogens is 1. The molecule has 1 amide bonds. The van der Waals surface area contributed by atoms with E-state index in [0.717, 1.165) is 23.2 Å². The number of rotatable bonds is 7.